The first kappa shape index (κ1) is 15.7. The number of nitrogens with one attached hydrogen (secondary N) is 1. The molecule has 21 heavy (non-hydrogen) atoms. The molecule has 1 aromatic heterocycles. The van der Waals surface area contributed by atoms with Crippen LogP contribution in [0.1, 0.15) is 19.8 Å². The number of rotatable bonds is 3. The van der Waals surface area contributed by atoms with E-state index in [4.69, 9.17) is 17.3 Å². The topological polar surface area (TPSA) is 88.3 Å². The monoisotopic (exact) mass is 310 g/mol. The molecule has 1 aromatic rings. The number of carbonyl (C=O) groups is 2. The molecule has 1 saturated heterocycles. The Bertz CT molecular complexity index is 510. The lowest BCUT2D eigenvalue weighted by Gasteiger charge is -2.32. The zero-order valence-electron chi connectivity index (χ0n) is 11.9. The van der Waals surface area contributed by atoms with Gasteiger partial charge in [-0.3, -0.25) is 9.59 Å². The van der Waals surface area contributed by atoms with Crippen LogP contribution in [0.2, 0.25) is 5.02 Å². The molecule has 0 saturated carbocycles. The highest BCUT2D eigenvalue weighted by atomic mass is 35.5. The molecule has 7 heteroatoms. The van der Waals surface area contributed by atoms with E-state index in [9.17, 15) is 9.59 Å². The number of pyridine rings is 1. The molecule has 2 heterocycles. The molecule has 2 amide bonds. The van der Waals surface area contributed by atoms with Crippen molar-refractivity contribution in [1.82, 2.24) is 9.88 Å². The standard InChI is InChI=1S/C14H19ClN4O2/c1-9(16)14(21)19-6-4-10(5-7-19)13(20)18-12-3-2-11(15)8-17-12/h2-3,8-10H,4-7,16H2,1H3,(H,17,18,20). The second-order valence-corrected chi connectivity index (χ2v) is 5.68. The number of anilines is 1. The molecule has 1 fully saturated rings. The molecule has 6 nitrogen and oxygen atoms in total. The molecule has 1 aliphatic rings. The summed E-state index contributed by atoms with van der Waals surface area (Å²) in [5.74, 6) is 0.240. The minimum Gasteiger partial charge on any atom is -0.341 e. The summed E-state index contributed by atoms with van der Waals surface area (Å²) in [5.41, 5.74) is 5.59. The van der Waals surface area contributed by atoms with E-state index in [0.29, 0.717) is 36.8 Å². The molecule has 1 unspecified atom stereocenters. The van der Waals surface area contributed by atoms with Gasteiger partial charge in [-0.05, 0) is 31.9 Å². The van der Waals surface area contributed by atoms with Gasteiger partial charge < -0.3 is 16.0 Å². The highest BCUT2D eigenvalue weighted by Crippen LogP contribution is 2.20. The number of nitrogens with zero attached hydrogens (tertiary/aromatic N) is 2. The Labute approximate surface area is 128 Å². The van der Waals surface area contributed by atoms with Crippen LogP contribution in [-0.2, 0) is 9.59 Å². The first-order valence-electron chi connectivity index (χ1n) is 6.94. The van der Waals surface area contributed by atoms with Gasteiger partial charge in [0.2, 0.25) is 11.8 Å². The van der Waals surface area contributed by atoms with Crippen molar-refractivity contribution >= 4 is 29.2 Å². The molecule has 3 N–H and O–H groups in total. The molecule has 2 rings (SSSR count). The minimum absolute atomic E-state index is 0.0618. The van der Waals surface area contributed by atoms with Gasteiger partial charge in [0.15, 0.2) is 0 Å². The Kier molecular flexibility index (Phi) is 5.14. The molecule has 114 valence electrons. The number of amides is 2. The molecular weight excluding hydrogens is 292 g/mol. The molecule has 1 aliphatic heterocycles. The highest BCUT2D eigenvalue weighted by Gasteiger charge is 2.28. The van der Waals surface area contributed by atoms with Crippen molar-refractivity contribution < 1.29 is 9.59 Å². The first-order valence-corrected chi connectivity index (χ1v) is 7.32. The lowest BCUT2D eigenvalue weighted by molar-refractivity contribution is -0.135. The van der Waals surface area contributed by atoms with Crippen LogP contribution in [0.4, 0.5) is 5.82 Å². The second kappa shape index (κ2) is 6.87. The third kappa shape index (κ3) is 4.15. The van der Waals surface area contributed by atoms with Gasteiger partial charge in [-0.1, -0.05) is 11.6 Å². The van der Waals surface area contributed by atoms with Gasteiger partial charge in [0.05, 0.1) is 11.1 Å². The van der Waals surface area contributed by atoms with Crippen LogP contribution in [0.3, 0.4) is 0 Å². The summed E-state index contributed by atoms with van der Waals surface area (Å²) in [6.07, 6.45) is 2.76. The molecule has 0 spiro atoms. The Morgan fingerprint density at radius 1 is 1.43 bits per heavy atom. The van der Waals surface area contributed by atoms with Crippen LogP contribution in [0, 0.1) is 5.92 Å². The number of likely N-dealkylation sites (tertiary alicyclic amines) is 1. The summed E-state index contributed by atoms with van der Waals surface area (Å²) in [6.45, 7) is 2.80. The smallest absolute Gasteiger partial charge is 0.239 e. The fraction of sp³-hybridized carbons (Fsp3) is 0.500. The zero-order valence-corrected chi connectivity index (χ0v) is 12.6. The van der Waals surface area contributed by atoms with Crippen molar-refractivity contribution in [2.24, 2.45) is 11.7 Å². The molecule has 1 atom stereocenters. The van der Waals surface area contributed by atoms with E-state index in [0.717, 1.165) is 0 Å². The van der Waals surface area contributed by atoms with E-state index in [1.165, 1.54) is 6.20 Å². The third-order valence-electron chi connectivity index (χ3n) is 3.55. The van der Waals surface area contributed by atoms with Crippen LogP contribution < -0.4 is 11.1 Å². The predicted octanol–water partition coefficient (Wildman–Crippen LogP) is 1.26. The van der Waals surface area contributed by atoms with E-state index in [1.54, 1.807) is 24.0 Å². The van der Waals surface area contributed by atoms with E-state index < -0.39 is 6.04 Å². The highest BCUT2D eigenvalue weighted by molar-refractivity contribution is 6.30. The summed E-state index contributed by atoms with van der Waals surface area (Å²) < 4.78 is 0. The lowest BCUT2D eigenvalue weighted by Crippen LogP contribution is -2.47. The van der Waals surface area contributed by atoms with Crippen molar-refractivity contribution in [1.29, 1.82) is 0 Å². The largest absolute Gasteiger partial charge is 0.341 e. The van der Waals surface area contributed by atoms with Gasteiger partial charge in [0.1, 0.15) is 5.82 Å². The van der Waals surface area contributed by atoms with Crippen LogP contribution >= 0.6 is 11.6 Å². The van der Waals surface area contributed by atoms with E-state index >= 15 is 0 Å². The minimum atomic E-state index is -0.492. The Hall–Kier alpha value is -1.66. The molecule has 0 aromatic carbocycles. The Balaban J connectivity index is 1.86. The fourth-order valence-electron chi connectivity index (χ4n) is 2.33. The number of hydrogen-bond acceptors (Lipinski definition) is 4. The lowest BCUT2D eigenvalue weighted by atomic mass is 9.95. The Morgan fingerprint density at radius 3 is 2.62 bits per heavy atom. The summed E-state index contributed by atoms with van der Waals surface area (Å²) in [6, 6.07) is 2.84. The van der Waals surface area contributed by atoms with E-state index in [2.05, 4.69) is 10.3 Å². The summed E-state index contributed by atoms with van der Waals surface area (Å²) in [5, 5.41) is 3.29. The van der Waals surface area contributed by atoms with Crippen LogP contribution in [0.15, 0.2) is 18.3 Å². The van der Waals surface area contributed by atoms with Crippen molar-refractivity contribution in [2.75, 3.05) is 18.4 Å². The fourth-order valence-corrected chi connectivity index (χ4v) is 2.44. The van der Waals surface area contributed by atoms with Gasteiger partial charge in [0.25, 0.3) is 0 Å². The van der Waals surface area contributed by atoms with Crippen LogP contribution in [0.5, 0.6) is 0 Å². The average molecular weight is 311 g/mol. The maximum absolute atomic E-state index is 12.2. The van der Waals surface area contributed by atoms with E-state index in [-0.39, 0.29) is 17.7 Å². The van der Waals surface area contributed by atoms with Crippen molar-refractivity contribution in [3.8, 4) is 0 Å². The van der Waals surface area contributed by atoms with Gasteiger partial charge >= 0.3 is 0 Å². The number of piperidine rings is 1. The van der Waals surface area contributed by atoms with E-state index in [1.807, 2.05) is 0 Å². The van der Waals surface area contributed by atoms with Crippen molar-refractivity contribution in [2.45, 2.75) is 25.8 Å². The molecule has 0 radical (unpaired) electrons. The van der Waals surface area contributed by atoms with Gasteiger partial charge in [-0.25, -0.2) is 4.98 Å². The number of carbonyl (C=O) groups excluding carboxylic acids is 2. The number of aromatic nitrogens is 1. The number of halogens is 1. The number of nitrogens with two attached hydrogens (primary N) is 1. The van der Waals surface area contributed by atoms with Crippen molar-refractivity contribution in [3.05, 3.63) is 23.4 Å². The van der Waals surface area contributed by atoms with Gasteiger partial charge in [-0.2, -0.15) is 0 Å². The maximum Gasteiger partial charge on any atom is 0.239 e. The molecule has 0 aliphatic carbocycles. The maximum atomic E-state index is 12.2. The van der Waals surface area contributed by atoms with Crippen LogP contribution in [0.25, 0.3) is 0 Å². The van der Waals surface area contributed by atoms with Gasteiger partial charge in [0, 0.05) is 25.2 Å². The second-order valence-electron chi connectivity index (χ2n) is 5.24. The van der Waals surface area contributed by atoms with Gasteiger partial charge in [-0.15, -0.1) is 0 Å². The normalized spacial score (nSPS) is 17.4. The molecule has 0 bridgehead atoms. The first-order chi connectivity index (χ1) is 9.97. The Morgan fingerprint density at radius 2 is 2.10 bits per heavy atom. The quantitative estimate of drug-likeness (QED) is 0.879. The SMILES string of the molecule is CC(N)C(=O)N1CCC(C(=O)Nc2ccc(Cl)cn2)CC1. The van der Waals surface area contributed by atoms with Crippen molar-refractivity contribution in [3.63, 3.8) is 0 Å². The average Bonchev–Trinajstić information content (AvgIpc) is 2.49. The zero-order chi connectivity index (χ0) is 15.4. The summed E-state index contributed by atoms with van der Waals surface area (Å²) in [4.78, 5) is 29.7. The summed E-state index contributed by atoms with van der Waals surface area (Å²) >= 11 is 5.75. The molecular formula is C14H19ClN4O2. The number of hydrogen-bond donors (Lipinski definition) is 2. The third-order valence-corrected chi connectivity index (χ3v) is 3.77. The predicted molar refractivity (Wildman–Crippen MR) is 80.8 cm³/mol. The van der Waals surface area contributed by atoms with Crippen LogP contribution in [-0.4, -0.2) is 40.8 Å². The summed E-state index contributed by atoms with van der Waals surface area (Å²) in [7, 11) is 0.